The molecule has 3 rings (SSSR count). The first-order chi connectivity index (χ1) is 11.6. The normalized spacial score (nSPS) is 11.7. The van der Waals surface area contributed by atoms with Crippen LogP contribution >= 0.6 is 0 Å². The Morgan fingerprint density at radius 2 is 2.12 bits per heavy atom. The van der Waals surface area contributed by atoms with Gasteiger partial charge in [-0.3, -0.25) is 4.68 Å². The van der Waals surface area contributed by atoms with Gasteiger partial charge in [-0.2, -0.15) is 5.10 Å². The van der Waals surface area contributed by atoms with Gasteiger partial charge in [0.2, 0.25) is 0 Å². The maximum atomic E-state index is 14.1. The summed E-state index contributed by atoms with van der Waals surface area (Å²) in [5, 5.41) is 9.08. The van der Waals surface area contributed by atoms with Crippen molar-refractivity contribution >= 4 is 16.6 Å². The molecule has 0 unspecified atom stereocenters. The summed E-state index contributed by atoms with van der Waals surface area (Å²) in [6.07, 6.45) is 3.47. The Labute approximate surface area is 137 Å². The van der Waals surface area contributed by atoms with Gasteiger partial charge in [0, 0.05) is 22.6 Å². The maximum Gasteiger partial charge on any atom is 0.135 e. The zero-order valence-electron chi connectivity index (χ0n) is 13.0. The monoisotopic (exact) mass is 327 g/mol. The molecule has 0 radical (unpaired) electrons. The van der Waals surface area contributed by atoms with Gasteiger partial charge >= 0.3 is 0 Å². The summed E-state index contributed by atoms with van der Waals surface area (Å²) in [5.41, 5.74) is 2.02. The van der Waals surface area contributed by atoms with Crippen LogP contribution in [0.3, 0.4) is 0 Å². The number of rotatable bonds is 5. The van der Waals surface area contributed by atoms with Crippen molar-refractivity contribution in [3.63, 3.8) is 0 Å². The van der Waals surface area contributed by atoms with E-state index in [0.29, 0.717) is 12.1 Å². The van der Waals surface area contributed by atoms with Crippen molar-refractivity contribution in [1.29, 1.82) is 0 Å². The summed E-state index contributed by atoms with van der Waals surface area (Å²) in [4.78, 5) is 4.85. The van der Waals surface area contributed by atoms with Gasteiger partial charge in [0.25, 0.3) is 0 Å². The average Bonchev–Trinajstić information content (AvgIpc) is 2.96. The minimum absolute atomic E-state index is 0.163. The number of hydrogen-bond acceptors (Lipinski definition) is 3. The number of nitrogens with zero attached hydrogens (tertiary/aromatic N) is 3. The van der Waals surface area contributed by atoms with E-state index in [9.17, 15) is 8.78 Å². The summed E-state index contributed by atoms with van der Waals surface area (Å²) in [6, 6.07) is 8.85. The number of fused-ring (bicyclic) bond motifs is 1. The van der Waals surface area contributed by atoms with Crippen LogP contribution in [-0.2, 0) is 11.4 Å². The Hall–Kier alpha value is -3.02. The van der Waals surface area contributed by atoms with Crippen molar-refractivity contribution < 1.29 is 13.6 Å². The van der Waals surface area contributed by atoms with Crippen molar-refractivity contribution in [1.82, 2.24) is 9.78 Å². The van der Waals surface area contributed by atoms with Crippen molar-refractivity contribution in [2.45, 2.75) is 6.54 Å². The first-order valence-corrected chi connectivity index (χ1v) is 7.27. The lowest BCUT2D eigenvalue weighted by Crippen LogP contribution is -2.07. The van der Waals surface area contributed by atoms with E-state index in [4.69, 9.17) is 4.84 Å². The van der Waals surface area contributed by atoms with Crippen LogP contribution in [0.5, 0.6) is 0 Å². The predicted molar refractivity (Wildman–Crippen MR) is 88.9 cm³/mol. The standard InChI is InChI=1S/C18H15F2N3O/c1-3-8-23-17-7-4-12(9-13(17)11-21-23)18(22-24-2)15-6-5-14(19)10-16(15)20/h3-7,9-11H,1,8H2,2H3. The van der Waals surface area contributed by atoms with Crippen LogP contribution in [0.4, 0.5) is 8.78 Å². The highest BCUT2D eigenvalue weighted by Crippen LogP contribution is 2.21. The molecule has 24 heavy (non-hydrogen) atoms. The molecule has 2 aromatic carbocycles. The van der Waals surface area contributed by atoms with E-state index in [-0.39, 0.29) is 11.3 Å². The van der Waals surface area contributed by atoms with Gasteiger partial charge in [-0.1, -0.05) is 17.3 Å². The van der Waals surface area contributed by atoms with Crippen molar-refractivity contribution in [2.24, 2.45) is 5.16 Å². The molecule has 4 nitrogen and oxygen atoms in total. The molecule has 6 heteroatoms. The van der Waals surface area contributed by atoms with Gasteiger partial charge in [0.05, 0.1) is 18.3 Å². The Morgan fingerprint density at radius 3 is 2.83 bits per heavy atom. The molecule has 0 N–H and O–H groups in total. The Bertz CT molecular complexity index is 931. The molecule has 0 spiro atoms. The molecular formula is C18H15F2N3O. The third-order valence-corrected chi connectivity index (χ3v) is 3.59. The summed E-state index contributed by atoms with van der Waals surface area (Å²) in [5.74, 6) is -1.34. The first kappa shape index (κ1) is 15.9. The largest absolute Gasteiger partial charge is 0.399 e. The Balaban J connectivity index is 2.11. The minimum Gasteiger partial charge on any atom is -0.399 e. The number of hydrogen-bond donors (Lipinski definition) is 0. The fourth-order valence-electron chi connectivity index (χ4n) is 2.53. The fourth-order valence-corrected chi connectivity index (χ4v) is 2.53. The molecule has 0 amide bonds. The Morgan fingerprint density at radius 1 is 1.29 bits per heavy atom. The lowest BCUT2D eigenvalue weighted by Gasteiger charge is -2.08. The van der Waals surface area contributed by atoms with E-state index in [0.717, 1.165) is 17.0 Å². The van der Waals surface area contributed by atoms with Gasteiger partial charge in [0.15, 0.2) is 0 Å². The molecule has 0 saturated carbocycles. The van der Waals surface area contributed by atoms with E-state index < -0.39 is 11.6 Å². The third kappa shape index (κ3) is 2.90. The second kappa shape index (κ2) is 6.62. The van der Waals surface area contributed by atoms with Gasteiger partial charge < -0.3 is 4.84 Å². The molecule has 0 bridgehead atoms. The van der Waals surface area contributed by atoms with Gasteiger partial charge in [0.1, 0.15) is 24.5 Å². The number of aromatic nitrogens is 2. The topological polar surface area (TPSA) is 39.4 Å². The lowest BCUT2D eigenvalue weighted by atomic mass is 10.0. The van der Waals surface area contributed by atoms with Crippen molar-refractivity contribution in [3.05, 3.63) is 78.0 Å². The fraction of sp³-hybridized carbons (Fsp3) is 0.111. The molecule has 0 atom stereocenters. The number of oxime groups is 1. The van der Waals surface area contributed by atoms with Crippen LogP contribution in [0.25, 0.3) is 10.9 Å². The van der Waals surface area contributed by atoms with E-state index in [1.54, 1.807) is 23.0 Å². The molecule has 3 aromatic rings. The molecule has 0 aliphatic rings. The Kier molecular flexibility index (Phi) is 4.37. The minimum atomic E-state index is -0.701. The van der Waals surface area contributed by atoms with Crippen LogP contribution in [-0.4, -0.2) is 22.6 Å². The molecule has 0 fully saturated rings. The second-order valence-electron chi connectivity index (χ2n) is 5.14. The van der Waals surface area contributed by atoms with E-state index in [1.807, 2.05) is 12.1 Å². The number of halogens is 2. The van der Waals surface area contributed by atoms with Crippen molar-refractivity contribution in [3.8, 4) is 0 Å². The highest BCUT2D eigenvalue weighted by Gasteiger charge is 2.15. The number of benzene rings is 2. The van der Waals surface area contributed by atoms with Gasteiger partial charge in [-0.05, 0) is 24.3 Å². The second-order valence-corrected chi connectivity index (χ2v) is 5.14. The summed E-state index contributed by atoms with van der Waals surface area (Å²) < 4.78 is 29.1. The zero-order chi connectivity index (χ0) is 17.1. The molecular weight excluding hydrogens is 312 g/mol. The zero-order valence-corrected chi connectivity index (χ0v) is 13.0. The maximum absolute atomic E-state index is 14.1. The highest BCUT2D eigenvalue weighted by atomic mass is 19.1. The lowest BCUT2D eigenvalue weighted by molar-refractivity contribution is 0.214. The molecule has 1 heterocycles. The molecule has 0 saturated heterocycles. The molecule has 0 aliphatic heterocycles. The third-order valence-electron chi connectivity index (χ3n) is 3.59. The van der Waals surface area contributed by atoms with Gasteiger partial charge in [-0.25, -0.2) is 8.78 Å². The molecule has 1 aromatic heterocycles. The van der Waals surface area contributed by atoms with E-state index >= 15 is 0 Å². The van der Waals surface area contributed by atoms with E-state index in [2.05, 4.69) is 16.8 Å². The smallest absolute Gasteiger partial charge is 0.135 e. The van der Waals surface area contributed by atoms with Crippen LogP contribution in [0.1, 0.15) is 11.1 Å². The summed E-state index contributed by atoms with van der Waals surface area (Å²) >= 11 is 0. The van der Waals surface area contributed by atoms with Crippen LogP contribution in [0.2, 0.25) is 0 Å². The average molecular weight is 327 g/mol. The molecule has 0 aliphatic carbocycles. The van der Waals surface area contributed by atoms with Crippen LogP contribution < -0.4 is 0 Å². The highest BCUT2D eigenvalue weighted by molar-refractivity contribution is 6.14. The van der Waals surface area contributed by atoms with Gasteiger partial charge in [-0.15, -0.1) is 6.58 Å². The predicted octanol–water partition coefficient (Wildman–Crippen LogP) is 3.90. The molecule has 122 valence electrons. The first-order valence-electron chi connectivity index (χ1n) is 7.27. The summed E-state index contributed by atoms with van der Waals surface area (Å²) in [6.45, 7) is 4.29. The van der Waals surface area contributed by atoms with Crippen LogP contribution in [0, 0.1) is 11.6 Å². The summed E-state index contributed by atoms with van der Waals surface area (Å²) in [7, 11) is 1.38. The van der Waals surface area contributed by atoms with Crippen LogP contribution in [0.15, 0.2) is 60.4 Å². The SMILES string of the molecule is C=CCn1ncc2cc(C(=NOC)c3ccc(F)cc3F)ccc21. The number of allylic oxidation sites excluding steroid dienone is 1. The van der Waals surface area contributed by atoms with E-state index in [1.165, 1.54) is 19.2 Å². The van der Waals surface area contributed by atoms with Crippen molar-refractivity contribution in [2.75, 3.05) is 7.11 Å². The quantitative estimate of drug-likeness (QED) is 0.405.